The Morgan fingerprint density at radius 3 is 2.82 bits per heavy atom. The summed E-state index contributed by atoms with van der Waals surface area (Å²) in [6.45, 7) is 0. The van der Waals surface area contributed by atoms with E-state index in [1.807, 2.05) is 0 Å². The van der Waals surface area contributed by atoms with Crippen molar-refractivity contribution in [2.24, 2.45) is 0 Å². The van der Waals surface area contributed by atoms with Crippen molar-refractivity contribution >= 4 is 27.8 Å². The van der Waals surface area contributed by atoms with Gasteiger partial charge in [-0.15, -0.1) is 0 Å². The van der Waals surface area contributed by atoms with E-state index in [0.717, 1.165) is 0 Å². The summed E-state index contributed by atoms with van der Waals surface area (Å²) in [7, 11) is 0. The molecule has 58 valence electrons. The van der Waals surface area contributed by atoms with Gasteiger partial charge in [0.15, 0.2) is 5.69 Å². The lowest BCUT2D eigenvalue weighted by molar-refractivity contribution is 0.0689. The highest BCUT2D eigenvalue weighted by atomic mass is 79.9. The normalized spacial score (nSPS) is 9.55. The van der Waals surface area contributed by atoms with Crippen LogP contribution in [0.25, 0.3) is 0 Å². The number of nitrogens with zero attached hydrogens (tertiary/aromatic N) is 2. The third-order valence-corrected chi connectivity index (χ3v) is 1.55. The number of aromatic carboxylic acids is 1. The number of aromatic nitrogens is 2. The van der Waals surface area contributed by atoms with Gasteiger partial charge in [-0.25, -0.2) is 14.8 Å². The highest BCUT2D eigenvalue weighted by Crippen LogP contribution is 2.13. The lowest BCUT2D eigenvalue weighted by Crippen LogP contribution is -2.05. The SMILES string of the molecule is Nc1ncc(Br)c(C(=O)O)n1. The Balaban J connectivity index is 3.23. The third kappa shape index (κ3) is 1.64. The minimum atomic E-state index is -1.13. The van der Waals surface area contributed by atoms with Crippen LogP contribution in [0, 0.1) is 0 Å². The van der Waals surface area contributed by atoms with Crippen molar-refractivity contribution in [3.8, 4) is 0 Å². The molecule has 5 nitrogen and oxygen atoms in total. The minimum absolute atomic E-state index is 0.0504. The van der Waals surface area contributed by atoms with Crippen molar-refractivity contribution in [2.45, 2.75) is 0 Å². The fourth-order valence-corrected chi connectivity index (χ4v) is 0.891. The molecule has 0 unspecified atom stereocenters. The van der Waals surface area contributed by atoms with Gasteiger partial charge in [-0.2, -0.15) is 0 Å². The van der Waals surface area contributed by atoms with Gasteiger partial charge in [-0.3, -0.25) is 0 Å². The Labute approximate surface area is 70.4 Å². The smallest absolute Gasteiger partial charge is 0.355 e. The van der Waals surface area contributed by atoms with Crippen LogP contribution in [0.5, 0.6) is 0 Å². The molecular weight excluding hydrogens is 214 g/mol. The van der Waals surface area contributed by atoms with Crippen LogP contribution in [0.1, 0.15) is 10.5 Å². The van der Waals surface area contributed by atoms with E-state index in [4.69, 9.17) is 10.8 Å². The molecule has 0 atom stereocenters. The summed E-state index contributed by atoms with van der Waals surface area (Å²) >= 11 is 2.97. The first-order valence-corrected chi connectivity index (χ1v) is 3.42. The summed E-state index contributed by atoms with van der Waals surface area (Å²) in [4.78, 5) is 17.5. The van der Waals surface area contributed by atoms with E-state index < -0.39 is 5.97 Å². The fourth-order valence-electron chi connectivity index (χ4n) is 0.531. The predicted octanol–water partition coefficient (Wildman–Crippen LogP) is 0.520. The molecule has 0 radical (unpaired) electrons. The standard InChI is InChI=1S/C5H4BrN3O2/c6-2-1-8-5(7)9-3(2)4(10)11/h1H,(H,10,11)(H2,7,8,9). The molecule has 0 spiro atoms. The fraction of sp³-hybridized carbons (Fsp3) is 0. The molecule has 11 heavy (non-hydrogen) atoms. The summed E-state index contributed by atoms with van der Waals surface area (Å²) < 4.78 is 0.319. The molecule has 0 bridgehead atoms. The molecule has 1 aromatic heterocycles. The van der Waals surface area contributed by atoms with Gasteiger partial charge in [0.05, 0.1) is 4.47 Å². The van der Waals surface area contributed by atoms with Gasteiger partial charge in [0.2, 0.25) is 5.95 Å². The molecule has 0 aliphatic rings. The molecule has 0 aromatic carbocycles. The molecule has 1 aromatic rings. The minimum Gasteiger partial charge on any atom is -0.476 e. The van der Waals surface area contributed by atoms with Crippen molar-refractivity contribution in [3.05, 3.63) is 16.4 Å². The molecule has 0 fully saturated rings. The first-order valence-electron chi connectivity index (χ1n) is 2.62. The van der Waals surface area contributed by atoms with Crippen molar-refractivity contribution < 1.29 is 9.90 Å². The quantitative estimate of drug-likeness (QED) is 0.717. The van der Waals surface area contributed by atoms with Crippen LogP contribution in [0.4, 0.5) is 5.95 Å². The van der Waals surface area contributed by atoms with E-state index in [-0.39, 0.29) is 11.6 Å². The Morgan fingerprint density at radius 1 is 1.73 bits per heavy atom. The molecule has 6 heteroatoms. The molecule has 0 aliphatic heterocycles. The lowest BCUT2D eigenvalue weighted by atomic mass is 10.4. The highest BCUT2D eigenvalue weighted by molar-refractivity contribution is 9.10. The van der Waals surface area contributed by atoms with Crippen LogP contribution >= 0.6 is 15.9 Å². The highest BCUT2D eigenvalue weighted by Gasteiger charge is 2.10. The molecule has 1 heterocycles. The third-order valence-electron chi connectivity index (χ3n) is 0.965. The van der Waals surface area contributed by atoms with Gasteiger partial charge in [0.1, 0.15) is 0 Å². The zero-order valence-electron chi connectivity index (χ0n) is 5.28. The van der Waals surface area contributed by atoms with Crippen LogP contribution in [0.2, 0.25) is 0 Å². The molecule has 0 aliphatic carbocycles. The maximum atomic E-state index is 10.4. The molecule has 0 saturated carbocycles. The topological polar surface area (TPSA) is 89.1 Å². The summed E-state index contributed by atoms with van der Waals surface area (Å²) in [6.07, 6.45) is 1.30. The predicted molar refractivity (Wildman–Crippen MR) is 41.1 cm³/mol. The Hall–Kier alpha value is -1.17. The summed E-state index contributed by atoms with van der Waals surface area (Å²) in [5.74, 6) is -1.18. The molecule has 0 amide bonds. The van der Waals surface area contributed by atoms with Gasteiger partial charge in [0.25, 0.3) is 0 Å². The Kier molecular flexibility index (Phi) is 2.04. The number of halogens is 1. The van der Waals surface area contributed by atoms with E-state index in [0.29, 0.717) is 4.47 Å². The number of carboxylic acid groups (broad SMARTS) is 1. The molecule has 0 saturated heterocycles. The number of carbonyl (C=O) groups is 1. The van der Waals surface area contributed by atoms with E-state index in [9.17, 15) is 4.79 Å². The second-order valence-corrected chi connectivity index (χ2v) is 2.58. The van der Waals surface area contributed by atoms with E-state index in [1.54, 1.807) is 0 Å². The average molecular weight is 218 g/mol. The number of anilines is 1. The Bertz CT molecular complexity index is 302. The van der Waals surface area contributed by atoms with Crippen molar-refractivity contribution in [2.75, 3.05) is 5.73 Å². The van der Waals surface area contributed by atoms with Gasteiger partial charge < -0.3 is 10.8 Å². The zero-order chi connectivity index (χ0) is 8.43. The number of hydrogen-bond acceptors (Lipinski definition) is 4. The van der Waals surface area contributed by atoms with Crippen LogP contribution in [-0.4, -0.2) is 21.0 Å². The van der Waals surface area contributed by atoms with E-state index >= 15 is 0 Å². The van der Waals surface area contributed by atoms with Gasteiger partial charge in [-0.05, 0) is 15.9 Å². The van der Waals surface area contributed by atoms with Gasteiger partial charge in [0, 0.05) is 6.20 Å². The Morgan fingerprint density at radius 2 is 2.36 bits per heavy atom. The summed E-state index contributed by atoms with van der Waals surface area (Å²) in [5, 5.41) is 8.51. The molecule has 3 N–H and O–H groups in total. The van der Waals surface area contributed by atoms with E-state index in [1.165, 1.54) is 6.20 Å². The number of rotatable bonds is 1. The second kappa shape index (κ2) is 2.83. The van der Waals surface area contributed by atoms with E-state index in [2.05, 4.69) is 25.9 Å². The van der Waals surface area contributed by atoms with Crippen LogP contribution in [0.3, 0.4) is 0 Å². The van der Waals surface area contributed by atoms with Crippen molar-refractivity contribution in [3.63, 3.8) is 0 Å². The second-order valence-electron chi connectivity index (χ2n) is 1.73. The maximum Gasteiger partial charge on any atom is 0.355 e. The first-order chi connectivity index (χ1) is 5.11. The summed E-state index contributed by atoms with van der Waals surface area (Å²) in [5.41, 5.74) is 5.03. The first kappa shape index (κ1) is 7.93. The summed E-state index contributed by atoms with van der Waals surface area (Å²) in [6, 6.07) is 0. The monoisotopic (exact) mass is 217 g/mol. The van der Waals surface area contributed by atoms with Crippen molar-refractivity contribution in [1.29, 1.82) is 0 Å². The largest absolute Gasteiger partial charge is 0.476 e. The van der Waals surface area contributed by atoms with Crippen LogP contribution in [-0.2, 0) is 0 Å². The molecule has 1 rings (SSSR count). The van der Waals surface area contributed by atoms with Gasteiger partial charge >= 0.3 is 5.97 Å². The number of hydrogen-bond donors (Lipinski definition) is 2. The maximum absolute atomic E-state index is 10.4. The van der Waals surface area contributed by atoms with Gasteiger partial charge in [-0.1, -0.05) is 0 Å². The van der Waals surface area contributed by atoms with Crippen LogP contribution in [0.15, 0.2) is 10.7 Å². The molecular formula is C5H4BrN3O2. The van der Waals surface area contributed by atoms with Crippen LogP contribution < -0.4 is 5.73 Å². The number of nitrogens with two attached hydrogens (primary N) is 1. The average Bonchev–Trinajstić information content (AvgIpc) is 1.94. The lowest BCUT2D eigenvalue weighted by Gasteiger charge is -1.96. The zero-order valence-corrected chi connectivity index (χ0v) is 6.87. The number of carboxylic acids is 1. The number of nitrogen functional groups attached to an aromatic ring is 1. The van der Waals surface area contributed by atoms with Crippen molar-refractivity contribution in [1.82, 2.24) is 9.97 Å².